The smallest absolute Gasteiger partial charge is 0.0462 e. The van der Waals surface area contributed by atoms with Crippen LogP contribution in [0.15, 0.2) is 29.2 Å². The lowest BCUT2D eigenvalue weighted by Gasteiger charge is -2.04. The van der Waals surface area contributed by atoms with Crippen molar-refractivity contribution in [2.75, 3.05) is 26.5 Å². The molecule has 0 saturated carbocycles. The molecule has 0 spiro atoms. The van der Waals surface area contributed by atoms with Crippen LogP contribution in [0.1, 0.15) is 18.4 Å². The molecular weight excluding hydrogens is 218 g/mol. The van der Waals surface area contributed by atoms with Gasteiger partial charge in [0.2, 0.25) is 0 Å². The number of unbranched alkanes of at least 4 members (excludes halogenated alkanes) is 1. The third-order valence-electron chi connectivity index (χ3n) is 2.32. The topological polar surface area (TPSA) is 21.3 Å². The molecule has 0 amide bonds. The summed E-state index contributed by atoms with van der Waals surface area (Å²) in [7, 11) is 3.73. The molecule has 1 N–H and O–H groups in total. The maximum atomic E-state index is 5.02. The normalized spacial score (nSPS) is 10.6. The zero-order chi connectivity index (χ0) is 11.6. The quantitative estimate of drug-likeness (QED) is 0.557. The minimum absolute atomic E-state index is 0.877. The molecule has 0 saturated heterocycles. The van der Waals surface area contributed by atoms with Crippen LogP contribution in [0.3, 0.4) is 0 Å². The van der Waals surface area contributed by atoms with Crippen LogP contribution in [0, 0.1) is 0 Å². The Labute approximate surface area is 103 Å². The van der Waals surface area contributed by atoms with Gasteiger partial charge in [0.15, 0.2) is 0 Å². The fraction of sp³-hybridized carbons (Fsp3) is 0.538. The summed E-state index contributed by atoms with van der Waals surface area (Å²) in [6.45, 7) is 1.82. The molecule has 0 unspecified atom stereocenters. The summed E-state index contributed by atoms with van der Waals surface area (Å²) in [5.41, 5.74) is 1.34. The average Bonchev–Trinajstić information content (AvgIpc) is 2.31. The highest BCUT2D eigenvalue weighted by molar-refractivity contribution is 7.99. The molecule has 0 heterocycles. The van der Waals surface area contributed by atoms with Crippen molar-refractivity contribution in [3.05, 3.63) is 29.8 Å². The molecule has 1 rings (SSSR count). The van der Waals surface area contributed by atoms with Crippen LogP contribution >= 0.6 is 11.8 Å². The Morgan fingerprint density at radius 2 is 1.94 bits per heavy atom. The molecule has 3 heteroatoms. The van der Waals surface area contributed by atoms with E-state index >= 15 is 0 Å². The fourth-order valence-electron chi connectivity index (χ4n) is 1.45. The molecule has 0 atom stereocenters. The molecule has 0 aliphatic carbocycles. The second kappa shape index (κ2) is 8.62. The summed E-state index contributed by atoms with van der Waals surface area (Å²) in [5, 5.41) is 3.15. The van der Waals surface area contributed by atoms with E-state index in [1.807, 2.05) is 18.8 Å². The molecule has 16 heavy (non-hydrogen) atoms. The first-order valence-corrected chi connectivity index (χ1v) is 6.70. The van der Waals surface area contributed by atoms with Gasteiger partial charge in [0.25, 0.3) is 0 Å². The zero-order valence-electron chi connectivity index (χ0n) is 10.2. The maximum absolute atomic E-state index is 5.02. The number of nitrogens with one attached hydrogen (secondary N) is 1. The van der Waals surface area contributed by atoms with Crippen molar-refractivity contribution < 1.29 is 4.74 Å². The number of benzene rings is 1. The van der Waals surface area contributed by atoms with Crippen LogP contribution in [0.2, 0.25) is 0 Å². The van der Waals surface area contributed by atoms with Gasteiger partial charge in [-0.15, -0.1) is 11.8 Å². The Bertz CT molecular complexity index is 274. The van der Waals surface area contributed by atoms with Crippen molar-refractivity contribution in [2.24, 2.45) is 0 Å². The van der Waals surface area contributed by atoms with Gasteiger partial charge in [0.05, 0.1) is 0 Å². The second-order valence-corrected chi connectivity index (χ2v) is 4.89. The molecule has 0 bridgehead atoms. The van der Waals surface area contributed by atoms with Gasteiger partial charge in [-0.25, -0.2) is 0 Å². The summed E-state index contributed by atoms with van der Waals surface area (Å²) in [6.07, 6.45) is 2.37. The monoisotopic (exact) mass is 239 g/mol. The van der Waals surface area contributed by atoms with Crippen LogP contribution in [-0.2, 0) is 11.3 Å². The Kier molecular flexibility index (Phi) is 7.30. The summed E-state index contributed by atoms with van der Waals surface area (Å²) in [6, 6.07) is 8.78. The molecular formula is C13H21NOS. The van der Waals surface area contributed by atoms with Crippen molar-refractivity contribution in [3.63, 3.8) is 0 Å². The van der Waals surface area contributed by atoms with E-state index in [9.17, 15) is 0 Å². The fourth-order valence-corrected chi connectivity index (χ4v) is 2.36. The Morgan fingerprint density at radius 3 is 2.56 bits per heavy atom. The minimum atomic E-state index is 0.877. The number of rotatable bonds is 8. The highest BCUT2D eigenvalue weighted by Gasteiger charge is 1.95. The summed E-state index contributed by atoms with van der Waals surface area (Å²) in [5.74, 6) is 1.18. The predicted molar refractivity (Wildman–Crippen MR) is 71.0 cm³/mol. The van der Waals surface area contributed by atoms with E-state index in [0.717, 1.165) is 19.6 Å². The SMILES string of the molecule is CNCc1ccc(SCCCCOC)cc1. The van der Waals surface area contributed by atoms with Gasteiger partial charge in [0.1, 0.15) is 0 Å². The number of methoxy groups -OCH3 is 1. The Morgan fingerprint density at radius 1 is 1.19 bits per heavy atom. The summed E-state index contributed by atoms with van der Waals surface area (Å²) >= 11 is 1.92. The van der Waals surface area contributed by atoms with E-state index in [-0.39, 0.29) is 0 Å². The first-order valence-electron chi connectivity index (χ1n) is 5.72. The van der Waals surface area contributed by atoms with Crippen LogP contribution < -0.4 is 5.32 Å². The van der Waals surface area contributed by atoms with Crippen LogP contribution in [0.5, 0.6) is 0 Å². The lowest BCUT2D eigenvalue weighted by atomic mass is 10.2. The van der Waals surface area contributed by atoms with Gasteiger partial charge < -0.3 is 10.1 Å². The first-order chi connectivity index (χ1) is 7.86. The summed E-state index contributed by atoms with van der Waals surface area (Å²) < 4.78 is 5.02. The van der Waals surface area contributed by atoms with E-state index in [2.05, 4.69) is 29.6 Å². The van der Waals surface area contributed by atoms with Crippen LogP contribution in [0.4, 0.5) is 0 Å². The molecule has 0 fully saturated rings. The molecule has 0 aliphatic rings. The number of thioether (sulfide) groups is 1. The number of hydrogen-bond donors (Lipinski definition) is 1. The highest BCUT2D eigenvalue weighted by atomic mass is 32.2. The highest BCUT2D eigenvalue weighted by Crippen LogP contribution is 2.19. The van der Waals surface area contributed by atoms with Gasteiger partial charge in [-0.1, -0.05) is 12.1 Å². The molecule has 2 nitrogen and oxygen atoms in total. The third kappa shape index (κ3) is 5.54. The molecule has 1 aromatic carbocycles. The van der Waals surface area contributed by atoms with Gasteiger partial charge in [-0.05, 0) is 43.3 Å². The lowest BCUT2D eigenvalue weighted by molar-refractivity contribution is 0.194. The van der Waals surface area contributed by atoms with Crippen LogP contribution in [-0.4, -0.2) is 26.5 Å². The minimum Gasteiger partial charge on any atom is -0.385 e. The Hall–Kier alpha value is -0.510. The zero-order valence-corrected chi connectivity index (χ0v) is 11.0. The number of hydrogen-bond acceptors (Lipinski definition) is 3. The number of ether oxygens (including phenoxy) is 1. The average molecular weight is 239 g/mol. The third-order valence-corrected chi connectivity index (χ3v) is 3.41. The van der Waals surface area contributed by atoms with Gasteiger partial charge in [0, 0.05) is 25.2 Å². The van der Waals surface area contributed by atoms with Crippen molar-refractivity contribution in [2.45, 2.75) is 24.3 Å². The lowest BCUT2D eigenvalue weighted by Crippen LogP contribution is -2.04. The van der Waals surface area contributed by atoms with E-state index in [1.165, 1.54) is 22.6 Å². The largest absolute Gasteiger partial charge is 0.385 e. The van der Waals surface area contributed by atoms with E-state index < -0.39 is 0 Å². The Balaban J connectivity index is 2.21. The van der Waals surface area contributed by atoms with Gasteiger partial charge >= 0.3 is 0 Å². The van der Waals surface area contributed by atoms with Crippen molar-refractivity contribution >= 4 is 11.8 Å². The van der Waals surface area contributed by atoms with Gasteiger partial charge in [-0.3, -0.25) is 0 Å². The van der Waals surface area contributed by atoms with E-state index in [1.54, 1.807) is 7.11 Å². The summed E-state index contributed by atoms with van der Waals surface area (Å²) in [4.78, 5) is 1.36. The standard InChI is InChI=1S/C13H21NOS/c1-14-11-12-5-7-13(8-6-12)16-10-4-3-9-15-2/h5-8,14H,3-4,9-11H2,1-2H3. The van der Waals surface area contributed by atoms with Crippen LogP contribution in [0.25, 0.3) is 0 Å². The molecule has 0 radical (unpaired) electrons. The molecule has 1 aromatic rings. The van der Waals surface area contributed by atoms with E-state index in [4.69, 9.17) is 4.74 Å². The predicted octanol–water partition coefficient (Wildman–Crippen LogP) is 2.92. The maximum Gasteiger partial charge on any atom is 0.0462 e. The molecule has 0 aromatic heterocycles. The molecule has 90 valence electrons. The van der Waals surface area contributed by atoms with Crippen molar-refractivity contribution in [1.82, 2.24) is 5.32 Å². The van der Waals surface area contributed by atoms with Crippen molar-refractivity contribution in [1.29, 1.82) is 0 Å². The van der Waals surface area contributed by atoms with Crippen molar-refractivity contribution in [3.8, 4) is 0 Å². The second-order valence-electron chi connectivity index (χ2n) is 3.72. The van der Waals surface area contributed by atoms with E-state index in [0.29, 0.717) is 0 Å². The van der Waals surface area contributed by atoms with Gasteiger partial charge in [-0.2, -0.15) is 0 Å². The first kappa shape index (κ1) is 13.6. The molecule has 0 aliphatic heterocycles.